The minimum atomic E-state index is 0.971. The van der Waals surface area contributed by atoms with Crippen LogP contribution in [-0.2, 0) is 0 Å². The van der Waals surface area contributed by atoms with Gasteiger partial charge in [-0.15, -0.1) is 0 Å². The number of benzene rings is 3. The van der Waals surface area contributed by atoms with E-state index in [-0.39, 0.29) is 0 Å². The van der Waals surface area contributed by atoms with Crippen LogP contribution in [0.1, 0.15) is 11.1 Å². The lowest BCUT2D eigenvalue weighted by Gasteiger charge is -1.99. The topological polar surface area (TPSA) is 13.1 Å². The molecule has 0 aliphatic carbocycles. The van der Waals surface area contributed by atoms with Crippen molar-refractivity contribution in [2.24, 2.45) is 0 Å². The molecule has 0 radical (unpaired) electrons. The number of aryl methyl sites for hydroxylation is 2. The molecule has 0 aliphatic heterocycles. The third-order valence-corrected chi connectivity index (χ3v) is 3.74. The molecule has 1 heterocycles. The highest BCUT2D eigenvalue weighted by Crippen LogP contribution is 2.32. The fourth-order valence-electron chi connectivity index (χ4n) is 2.75. The molecule has 0 fully saturated rings. The zero-order valence-corrected chi connectivity index (χ0v) is 11.0. The van der Waals surface area contributed by atoms with E-state index in [2.05, 4.69) is 62.4 Å². The molecule has 0 saturated heterocycles. The van der Waals surface area contributed by atoms with E-state index in [1.165, 1.54) is 32.7 Å². The van der Waals surface area contributed by atoms with Gasteiger partial charge >= 0.3 is 0 Å². The first kappa shape index (κ1) is 10.6. The molecule has 1 aromatic heterocycles. The lowest BCUT2D eigenvalue weighted by Crippen LogP contribution is -1.75. The first-order valence-electron chi connectivity index (χ1n) is 6.54. The van der Waals surface area contributed by atoms with Crippen LogP contribution in [0, 0.1) is 13.8 Å². The summed E-state index contributed by atoms with van der Waals surface area (Å²) in [4.78, 5) is 0. The first-order valence-corrected chi connectivity index (χ1v) is 6.54. The quantitative estimate of drug-likeness (QED) is 0.407. The average Bonchev–Trinajstić information content (AvgIpc) is 2.72. The largest absolute Gasteiger partial charge is 0.456 e. The minimum absolute atomic E-state index is 0.971. The van der Waals surface area contributed by atoms with Gasteiger partial charge < -0.3 is 4.42 Å². The van der Waals surface area contributed by atoms with Crippen LogP contribution in [0.3, 0.4) is 0 Å². The second-order valence-electron chi connectivity index (χ2n) is 5.30. The Labute approximate surface area is 111 Å². The highest BCUT2D eigenvalue weighted by atomic mass is 16.3. The van der Waals surface area contributed by atoms with Crippen LogP contribution in [-0.4, -0.2) is 0 Å². The van der Waals surface area contributed by atoms with Gasteiger partial charge in [0.25, 0.3) is 0 Å². The lowest BCUT2D eigenvalue weighted by molar-refractivity contribution is 0.669. The number of hydrogen-bond acceptors (Lipinski definition) is 1. The summed E-state index contributed by atoms with van der Waals surface area (Å²) in [5.41, 5.74) is 4.45. The summed E-state index contributed by atoms with van der Waals surface area (Å²) in [6.45, 7) is 4.21. The van der Waals surface area contributed by atoms with E-state index in [9.17, 15) is 0 Å². The molecule has 1 nitrogen and oxygen atoms in total. The maximum absolute atomic E-state index is 5.98. The summed E-state index contributed by atoms with van der Waals surface area (Å²) in [7, 11) is 0. The molecule has 0 bridgehead atoms. The number of hydrogen-bond donors (Lipinski definition) is 0. The number of furan rings is 1. The van der Waals surface area contributed by atoms with Gasteiger partial charge in [0.05, 0.1) is 0 Å². The van der Waals surface area contributed by atoms with Gasteiger partial charge in [-0.25, -0.2) is 0 Å². The van der Waals surface area contributed by atoms with Gasteiger partial charge in [0.2, 0.25) is 0 Å². The third kappa shape index (κ3) is 1.55. The summed E-state index contributed by atoms with van der Waals surface area (Å²) in [5, 5.41) is 4.90. The van der Waals surface area contributed by atoms with E-state index in [1.807, 2.05) is 0 Å². The Morgan fingerprint density at radius 1 is 0.632 bits per heavy atom. The van der Waals surface area contributed by atoms with Crippen molar-refractivity contribution < 1.29 is 4.42 Å². The van der Waals surface area contributed by atoms with Crippen molar-refractivity contribution >= 4 is 32.7 Å². The van der Waals surface area contributed by atoms with Gasteiger partial charge in [0.15, 0.2) is 0 Å². The molecule has 3 aromatic carbocycles. The maximum atomic E-state index is 5.98. The molecule has 0 unspecified atom stereocenters. The molecule has 0 N–H and O–H groups in total. The van der Waals surface area contributed by atoms with Gasteiger partial charge in [-0.2, -0.15) is 0 Å². The van der Waals surface area contributed by atoms with E-state index in [0.717, 1.165) is 11.2 Å². The van der Waals surface area contributed by atoms with Gasteiger partial charge in [-0.1, -0.05) is 35.9 Å². The van der Waals surface area contributed by atoms with Crippen LogP contribution in [0.15, 0.2) is 52.9 Å². The molecule has 4 rings (SSSR count). The third-order valence-electron chi connectivity index (χ3n) is 3.74. The van der Waals surface area contributed by atoms with Gasteiger partial charge in [-0.3, -0.25) is 0 Å². The maximum Gasteiger partial charge on any atom is 0.136 e. The molecule has 19 heavy (non-hydrogen) atoms. The normalized spacial score (nSPS) is 11.7. The minimum Gasteiger partial charge on any atom is -0.456 e. The molecule has 0 amide bonds. The van der Waals surface area contributed by atoms with Crippen molar-refractivity contribution in [1.29, 1.82) is 0 Å². The SMILES string of the molecule is Cc1ccc2cc3c(cc2c1)oc1cc(C)ccc13. The highest BCUT2D eigenvalue weighted by Gasteiger charge is 2.08. The monoisotopic (exact) mass is 246 g/mol. The number of fused-ring (bicyclic) bond motifs is 4. The number of rotatable bonds is 0. The summed E-state index contributed by atoms with van der Waals surface area (Å²) in [6, 6.07) is 17.3. The van der Waals surface area contributed by atoms with Crippen LogP contribution in [0.2, 0.25) is 0 Å². The van der Waals surface area contributed by atoms with E-state index in [4.69, 9.17) is 4.42 Å². The molecule has 1 heteroatoms. The second kappa shape index (κ2) is 3.61. The molecule has 0 spiro atoms. The molecule has 92 valence electrons. The molecular weight excluding hydrogens is 232 g/mol. The molecule has 0 aliphatic rings. The van der Waals surface area contributed by atoms with E-state index >= 15 is 0 Å². The van der Waals surface area contributed by atoms with Crippen LogP contribution >= 0.6 is 0 Å². The van der Waals surface area contributed by atoms with Crippen LogP contribution in [0.25, 0.3) is 32.7 Å². The average molecular weight is 246 g/mol. The van der Waals surface area contributed by atoms with Gasteiger partial charge in [0.1, 0.15) is 11.2 Å². The first-order chi connectivity index (χ1) is 9.20. The molecular formula is C18H14O. The van der Waals surface area contributed by atoms with Crippen molar-refractivity contribution in [3.05, 3.63) is 59.7 Å². The van der Waals surface area contributed by atoms with Gasteiger partial charge in [0, 0.05) is 10.8 Å². The predicted octanol–water partition coefficient (Wildman–Crippen LogP) is 5.36. The summed E-state index contributed by atoms with van der Waals surface area (Å²) >= 11 is 0. The van der Waals surface area contributed by atoms with Gasteiger partial charge in [-0.05, 0) is 48.4 Å². The highest BCUT2D eigenvalue weighted by molar-refractivity contribution is 6.10. The molecule has 4 aromatic rings. The van der Waals surface area contributed by atoms with Crippen molar-refractivity contribution in [3.63, 3.8) is 0 Å². The van der Waals surface area contributed by atoms with Crippen molar-refractivity contribution in [2.75, 3.05) is 0 Å². The Bertz CT molecular complexity index is 920. The smallest absolute Gasteiger partial charge is 0.136 e. The Balaban J connectivity index is 2.19. The fourth-order valence-corrected chi connectivity index (χ4v) is 2.75. The van der Waals surface area contributed by atoms with Crippen molar-refractivity contribution in [1.82, 2.24) is 0 Å². The Kier molecular flexibility index (Phi) is 2.02. The summed E-state index contributed by atoms with van der Waals surface area (Å²) in [5.74, 6) is 0. The Morgan fingerprint density at radius 2 is 1.37 bits per heavy atom. The Hall–Kier alpha value is -2.28. The molecule has 0 saturated carbocycles. The summed E-state index contributed by atoms with van der Waals surface area (Å²) < 4.78 is 5.98. The van der Waals surface area contributed by atoms with E-state index in [0.29, 0.717) is 0 Å². The standard InChI is InChI=1S/C18H14O/c1-11-3-5-13-9-16-15-6-4-12(2)8-17(15)19-18(16)10-14(13)7-11/h3-10H,1-2H3. The van der Waals surface area contributed by atoms with Crippen LogP contribution in [0.4, 0.5) is 0 Å². The zero-order chi connectivity index (χ0) is 13.0. The van der Waals surface area contributed by atoms with E-state index in [1.54, 1.807) is 0 Å². The summed E-state index contributed by atoms with van der Waals surface area (Å²) in [6.07, 6.45) is 0. The predicted molar refractivity (Wildman–Crippen MR) is 80.7 cm³/mol. The molecule has 0 atom stereocenters. The van der Waals surface area contributed by atoms with E-state index < -0.39 is 0 Å². The zero-order valence-electron chi connectivity index (χ0n) is 11.0. The van der Waals surface area contributed by atoms with Crippen LogP contribution < -0.4 is 0 Å². The Morgan fingerprint density at radius 3 is 2.26 bits per heavy atom. The fraction of sp³-hybridized carbons (Fsp3) is 0.111. The second-order valence-corrected chi connectivity index (χ2v) is 5.30. The van der Waals surface area contributed by atoms with Crippen LogP contribution in [0.5, 0.6) is 0 Å². The lowest BCUT2D eigenvalue weighted by atomic mass is 10.0. The van der Waals surface area contributed by atoms with Crippen molar-refractivity contribution in [2.45, 2.75) is 13.8 Å². The van der Waals surface area contributed by atoms with Crippen molar-refractivity contribution in [3.8, 4) is 0 Å².